The molecule has 1 N–H and O–H groups in total. The van der Waals surface area contributed by atoms with E-state index in [2.05, 4.69) is 10.2 Å². The van der Waals surface area contributed by atoms with E-state index in [1.54, 1.807) is 0 Å². The maximum Gasteiger partial charge on any atom is 0.0594 e. The molecule has 0 aromatic rings. The fraction of sp³-hybridized carbons (Fsp3) is 1.00. The smallest absolute Gasteiger partial charge is 0.0594 e. The van der Waals surface area contributed by atoms with Crippen molar-refractivity contribution in [1.29, 1.82) is 0 Å². The van der Waals surface area contributed by atoms with Crippen LogP contribution in [0.25, 0.3) is 0 Å². The summed E-state index contributed by atoms with van der Waals surface area (Å²) in [4.78, 5) is 2.54. The number of morpholine rings is 1. The second-order valence-corrected chi connectivity index (χ2v) is 7.08. The van der Waals surface area contributed by atoms with E-state index >= 15 is 0 Å². The van der Waals surface area contributed by atoms with Gasteiger partial charge in [-0.2, -0.15) is 0 Å². The molecule has 3 nitrogen and oxygen atoms in total. The summed E-state index contributed by atoms with van der Waals surface area (Å²) in [6, 6.07) is 0.819. The molecule has 3 atom stereocenters. The van der Waals surface area contributed by atoms with Gasteiger partial charge < -0.3 is 10.1 Å². The van der Waals surface area contributed by atoms with Crippen molar-refractivity contribution in [2.75, 3.05) is 39.4 Å². The standard InChI is InChI=1S/C17H32N2O/c1-2-5-16-14-17(7-6-15(16)4-1)18-8-3-9-19-10-12-20-13-11-19/h15-18H,1-14H2. The number of hydrogen-bond acceptors (Lipinski definition) is 3. The van der Waals surface area contributed by atoms with E-state index in [1.807, 2.05) is 0 Å². The van der Waals surface area contributed by atoms with Crippen LogP contribution in [0.15, 0.2) is 0 Å². The fourth-order valence-electron chi connectivity index (χ4n) is 4.49. The Morgan fingerprint density at radius 3 is 2.60 bits per heavy atom. The monoisotopic (exact) mass is 280 g/mol. The van der Waals surface area contributed by atoms with Crippen molar-refractivity contribution in [1.82, 2.24) is 10.2 Å². The lowest BCUT2D eigenvalue weighted by Crippen LogP contribution is -2.41. The highest BCUT2D eigenvalue weighted by molar-refractivity contribution is 4.86. The number of rotatable bonds is 5. The Morgan fingerprint density at radius 1 is 0.950 bits per heavy atom. The van der Waals surface area contributed by atoms with E-state index in [-0.39, 0.29) is 0 Å². The van der Waals surface area contributed by atoms with Gasteiger partial charge in [-0.25, -0.2) is 0 Å². The molecule has 0 aromatic heterocycles. The molecule has 1 aliphatic heterocycles. The molecular formula is C17H32N2O. The van der Waals surface area contributed by atoms with Crippen molar-refractivity contribution < 1.29 is 4.74 Å². The minimum atomic E-state index is 0.819. The Kier molecular flexibility index (Phi) is 5.75. The Balaban J connectivity index is 1.28. The third kappa shape index (κ3) is 4.19. The summed E-state index contributed by atoms with van der Waals surface area (Å²) in [6.45, 7) is 6.58. The van der Waals surface area contributed by atoms with Crippen molar-refractivity contribution in [3.8, 4) is 0 Å². The minimum absolute atomic E-state index is 0.819. The Bertz CT molecular complexity index is 278. The van der Waals surface area contributed by atoms with Gasteiger partial charge in [0, 0.05) is 19.1 Å². The number of nitrogens with one attached hydrogen (secondary N) is 1. The van der Waals surface area contributed by atoms with Gasteiger partial charge in [0.2, 0.25) is 0 Å². The van der Waals surface area contributed by atoms with Gasteiger partial charge in [-0.1, -0.05) is 25.7 Å². The SMILES string of the molecule is C1CCC2CC(NCCCN3CCOCC3)CCC2C1. The van der Waals surface area contributed by atoms with E-state index in [0.717, 1.165) is 44.2 Å². The molecule has 3 rings (SSSR count). The summed E-state index contributed by atoms with van der Waals surface area (Å²) < 4.78 is 5.39. The zero-order valence-electron chi connectivity index (χ0n) is 13.0. The molecule has 20 heavy (non-hydrogen) atoms. The summed E-state index contributed by atoms with van der Waals surface area (Å²) in [5, 5.41) is 3.84. The van der Waals surface area contributed by atoms with Crippen molar-refractivity contribution >= 4 is 0 Å². The molecule has 0 radical (unpaired) electrons. The number of fused-ring (bicyclic) bond motifs is 1. The molecule has 2 aliphatic carbocycles. The molecule has 0 amide bonds. The van der Waals surface area contributed by atoms with Crippen LogP contribution < -0.4 is 5.32 Å². The first-order valence-corrected chi connectivity index (χ1v) is 8.95. The summed E-state index contributed by atoms with van der Waals surface area (Å²) in [5.74, 6) is 2.13. The van der Waals surface area contributed by atoms with Crippen LogP contribution in [0, 0.1) is 11.8 Å². The number of nitrogens with zero attached hydrogens (tertiary/aromatic N) is 1. The molecule has 1 heterocycles. The van der Waals surface area contributed by atoms with Crippen LogP contribution in [0.3, 0.4) is 0 Å². The Hall–Kier alpha value is -0.120. The van der Waals surface area contributed by atoms with Crippen LogP contribution in [-0.2, 0) is 4.74 Å². The average molecular weight is 280 g/mol. The van der Waals surface area contributed by atoms with E-state index < -0.39 is 0 Å². The van der Waals surface area contributed by atoms with E-state index in [9.17, 15) is 0 Å². The molecule has 3 fully saturated rings. The molecular weight excluding hydrogens is 248 g/mol. The van der Waals surface area contributed by atoms with Gasteiger partial charge >= 0.3 is 0 Å². The van der Waals surface area contributed by atoms with Crippen molar-refractivity contribution in [2.24, 2.45) is 11.8 Å². The molecule has 0 spiro atoms. The first-order chi connectivity index (χ1) is 9.92. The van der Waals surface area contributed by atoms with Crippen LogP contribution >= 0.6 is 0 Å². The van der Waals surface area contributed by atoms with Crippen LogP contribution in [0.4, 0.5) is 0 Å². The maximum absolute atomic E-state index is 5.39. The lowest BCUT2D eigenvalue weighted by Gasteiger charge is -2.39. The largest absolute Gasteiger partial charge is 0.379 e. The highest BCUT2D eigenvalue weighted by Gasteiger charge is 2.31. The topological polar surface area (TPSA) is 24.5 Å². The van der Waals surface area contributed by atoms with E-state index in [1.165, 1.54) is 64.5 Å². The van der Waals surface area contributed by atoms with Gasteiger partial charge in [-0.15, -0.1) is 0 Å². The average Bonchev–Trinajstić information content (AvgIpc) is 2.52. The lowest BCUT2D eigenvalue weighted by atomic mass is 9.69. The predicted molar refractivity (Wildman–Crippen MR) is 83.0 cm³/mol. The molecule has 3 heteroatoms. The van der Waals surface area contributed by atoms with Crippen LogP contribution in [0.5, 0.6) is 0 Å². The third-order valence-electron chi connectivity index (χ3n) is 5.73. The molecule has 1 saturated heterocycles. The molecule has 0 aromatic carbocycles. The zero-order chi connectivity index (χ0) is 13.6. The van der Waals surface area contributed by atoms with Crippen LogP contribution in [0.2, 0.25) is 0 Å². The number of ether oxygens (including phenoxy) is 1. The molecule has 116 valence electrons. The van der Waals surface area contributed by atoms with Gasteiger partial charge in [0.15, 0.2) is 0 Å². The fourth-order valence-corrected chi connectivity index (χ4v) is 4.49. The summed E-state index contributed by atoms with van der Waals surface area (Å²) >= 11 is 0. The number of hydrogen-bond donors (Lipinski definition) is 1. The third-order valence-corrected chi connectivity index (χ3v) is 5.73. The van der Waals surface area contributed by atoms with Crippen LogP contribution in [-0.4, -0.2) is 50.3 Å². The van der Waals surface area contributed by atoms with Gasteiger partial charge in [0.1, 0.15) is 0 Å². The molecule has 0 bridgehead atoms. The maximum atomic E-state index is 5.39. The quantitative estimate of drug-likeness (QED) is 0.784. The van der Waals surface area contributed by atoms with E-state index in [0.29, 0.717) is 0 Å². The van der Waals surface area contributed by atoms with Gasteiger partial charge in [0.25, 0.3) is 0 Å². The van der Waals surface area contributed by atoms with Crippen molar-refractivity contribution in [2.45, 2.75) is 57.4 Å². The summed E-state index contributed by atoms with van der Waals surface area (Å²) in [6.07, 6.45) is 11.7. The van der Waals surface area contributed by atoms with E-state index in [4.69, 9.17) is 4.74 Å². The highest BCUT2D eigenvalue weighted by atomic mass is 16.5. The van der Waals surface area contributed by atoms with Gasteiger partial charge in [-0.05, 0) is 50.6 Å². The predicted octanol–water partition coefficient (Wildman–Crippen LogP) is 2.66. The second kappa shape index (κ2) is 7.77. The summed E-state index contributed by atoms with van der Waals surface area (Å²) in [7, 11) is 0. The highest BCUT2D eigenvalue weighted by Crippen LogP contribution is 2.40. The normalized spacial score (nSPS) is 35.7. The lowest BCUT2D eigenvalue weighted by molar-refractivity contribution is 0.0372. The summed E-state index contributed by atoms with van der Waals surface area (Å²) in [5.41, 5.74) is 0. The van der Waals surface area contributed by atoms with Crippen molar-refractivity contribution in [3.63, 3.8) is 0 Å². The Morgan fingerprint density at radius 2 is 1.75 bits per heavy atom. The van der Waals surface area contributed by atoms with Crippen molar-refractivity contribution in [3.05, 3.63) is 0 Å². The van der Waals surface area contributed by atoms with Gasteiger partial charge in [0.05, 0.1) is 13.2 Å². The molecule has 3 aliphatic rings. The zero-order valence-corrected chi connectivity index (χ0v) is 13.0. The van der Waals surface area contributed by atoms with Gasteiger partial charge in [-0.3, -0.25) is 4.90 Å². The first-order valence-electron chi connectivity index (χ1n) is 8.95. The van der Waals surface area contributed by atoms with Crippen LogP contribution in [0.1, 0.15) is 51.4 Å². The first kappa shape index (κ1) is 14.8. The Labute approximate surface area is 124 Å². The minimum Gasteiger partial charge on any atom is -0.379 e. The molecule has 3 unspecified atom stereocenters. The molecule has 2 saturated carbocycles. The second-order valence-electron chi connectivity index (χ2n) is 7.08.